The maximum absolute atomic E-state index is 6.52. The first-order chi connectivity index (χ1) is 48.5. The number of halogens is 5. The Hall–Kier alpha value is -6.36. The van der Waals surface area contributed by atoms with Crippen LogP contribution in [-0.4, -0.2) is 91.5 Å². The van der Waals surface area contributed by atoms with Gasteiger partial charge in [0.2, 0.25) is 10.6 Å². The Morgan fingerprint density at radius 3 is 0.906 bits per heavy atom. The highest BCUT2D eigenvalue weighted by Gasteiger charge is 2.64. The summed E-state index contributed by atoms with van der Waals surface area (Å²) >= 11 is 26.3. The van der Waals surface area contributed by atoms with E-state index in [1.165, 1.54) is 95.1 Å². The van der Waals surface area contributed by atoms with Gasteiger partial charge in [0.05, 0.1) is 45.0 Å². The van der Waals surface area contributed by atoms with Gasteiger partial charge in [-0.25, -0.2) is 19.9 Å². The largest absolute Gasteiger partial charge is 0.494 e. The van der Waals surface area contributed by atoms with E-state index in [9.17, 15) is 0 Å². The summed E-state index contributed by atoms with van der Waals surface area (Å²) in [6.07, 6.45) is 0. The molecule has 0 amide bonds. The molecule has 7 aliphatic rings. The van der Waals surface area contributed by atoms with E-state index in [1.807, 2.05) is 55.4 Å². The van der Waals surface area contributed by atoms with Crippen molar-refractivity contribution in [1.82, 2.24) is 19.9 Å². The number of hydrogen-bond acceptors (Lipinski definition) is 10. The highest BCUT2D eigenvalue weighted by atomic mass is 79.9. The van der Waals surface area contributed by atoms with Crippen LogP contribution in [0.2, 0.25) is 20.9 Å². The van der Waals surface area contributed by atoms with Crippen LogP contribution in [-0.2, 0) is 49.6 Å². The number of nitrogens with zero attached hydrogens (tertiary/aromatic N) is 4. The van der Waals surface area contributed by atoms with Gasteiger partial charge >= 0.3 is 21.1 Å². The third-order valence-electron chi connectivity index (χ3n) is 23.5. The van der Waals surface area contributed by atoms with Gasteiger partial charge in [0, 0.05) is 51.7 Å². The summed E-state index contributed by atoms with van der Waals surface area (Å²) in [5.41, 5.74) is 24.5. The molecule has 0 bridgehead atoms. The molecule has 106 heavy (non-hydrogen) atoms. The van der Waals surface area contributed by atoms with Crippen LogP contribution in [0, 0.1) is 0 Å². The van der Waals surface area contributed by atoms with E-state index in [0.717, 1.165) is 32.5 Å². The molecule has 0 saturated carbocycles. The van der Waals surface area contributed by atoms with Crippen molar-refractivity contribution in [2.24, 2.45) is 0 Å². The molecule has 5 heterocycles. The monoisotopic (exact) mass is 1550 g/mol. The van der Waals surface area contributed by atoms with Crippen molar-refractivity contribution in [3.8, 4) is 67.0 Å². The Morgan fingerprint density at radius 2 is 0.566 bits per heavy atom. The number of aromatic nitrogens is 4. The van der Waals surface area contributed by atoms with E-state index in [2.05, 4.69) is 295 Å². The van der Waals surface area contributed by atoms with Gasteiger partial charge in [-0.1, -0.05) is 249 Å². The van der Waals surface area contributed by atoms with Crippen LogP contribution in [0.1, 0.15) is 183 Å². The first-order valence-corrected chi connectivity index (χ1v) is 38.0. The summed E-state index contributed by atoms with van der Waals surface area (Å²) in [6, 6.07) is 64.8. The van der Waals surface area contributed by atoms with Gasteiger partial charge in [-0.15, -0.1) is 0 Å². The average Bonchev–Trinajstić information content (AvgIpc) is 1.60. The van der Waals surface area contributed by atoms with Gasteiger partial charge in [0.15, 0.2) is 0 Å². The highest BCUT2D eigenvalue weighted by molar-refractivity contribution is 9.10. The molecule has 17 rings (SSSR count). The molecule has 3 saturated heterocycles. The molecule has 8 aromatic carbocycles. The van der Waals surface area contributed by atoms with Crippen LogP contribution < -0.4 is 5.46 Å². The van der Waals surface area contributed by atoms with Crippen molar-refractivity contribution >= 4 is 106 Å². The molecule has 10 nitrogen and oxygen atoms in total. The minimum absolute atomic E-state index is 0. The van der Waals surface area contributed by atoms with Gasteiger partial charge in [-0.3, -0.25) is 0 Å². The second-order valence-corrected chi connectivity index (χ2v) is 35.6. The van der Waals surface area contributed by atoms with Crippen LogP contribution in [0.4, 0.5) is 0 Å². The molecular weight excluding hydrogens is 1460 g/mol. The molecule has 2 aromatic heterocycles. The normalized spacial score (nSPS) is 19.1. The fourth-order valence-corrected chi connectivity index (χ4v) is 16.6. The second kappa shape index (κ2) is 28.8. The van der Waals surface area contributed by atoms with Gasteiger partial charge in [0.1, 0.15) is 10.3 Å². The van der Waals surface area contributed by atoms with Crippen LogP contribution in [0.15, 0.2) is 186 Å². The van der Waals surface area contributed by atoms with Crippen molar-refractivity contribution < 1.29 is 27.9 Å². The molecule has 20 heteroatoms. The summed E-state index contributed by atoms with van der Waals surface area (Å²) in [7, 11) is -1.26. The zero-order valence-electron chi connectivity index (χ0n) is 63.8. The maximum atomic E-state index is 6.52. The molecule has 3 aliphatic heterocycles. The first-order valence-electron chi connectivity index (χ1n) is 35.7. The lowest BCUT2D eigenvalue weighted by atomic mass is 9.49. The standard InChI is InChI=1S/C34H27ClN2.C21H25BO2.C15H13Br.C12H24B2O4.C4HCl3N2.BH4.B/c1-33(2)26-11-7-5-9-22(26)24-15-13-20(17-28(24)33)30-19-31(37-32(35)36-30)21-14-16-25-23-10-6-8-12-27(23)34(3,4)29(25)18-21;1-19(2)17-10-8-7-9-15(17)16-12-11-14(13-18(16)19)22-23-20(3,4)21(5,6)24-22;1-15(2)13-6-4-3-5-11(13)12-8-7-10(16)9-14(12)15;1-9(2)10(3,4)16-13(15-9)14-17-11(5,6)12(7,8)18-14;5-2-1-3(6)9-4(7)8-2;;/h5-19H,1-4H3;7-13H,1-6H3;3-9H,1-2H3;1-8H3;1H;1H4;/q;;;;;-1;. The second-order valence-electron chi connectivity index (χ2n) is 33.2. The molecule has 0 N–H and O–H groups in total. The topological polar surface area (TPSA) is 107 Å². The van der Waals surface area contributed by atoms with Gasteiger partial charge in [-0.2, -0.15) is 0 Å². The number of hydrogen-bond donors (Lipinski definition) is 0. The van der Waals surface area contributed by atoms with Gasteiger partial charge in [-0.05, 0) is 231 Å². The Kier molecular flexibility index (Phi) is 21.9. The number of benzene rings is 8. The lowest BCUT2D eigenvalue weighted by molar-refractivity contribution is 0.00578. The van der Waals surface area contributed by atoms with Gasteiger partial charge < -0.3 is 27.9 Å². The lowest BCUT2D eigenvalue weighted by Gasteiger charge is -2.32. The van der Waals surface area contributed by atoms with E-state index in [-0.39, 0.29) is 100 Å². The van der Waals surface area contributed by atoms with Crippen LogP contribution in [0.25, 0.3) is 67.0 Å². The van der Waals surface area contributed by atoms with Crippen molar-refractivity contribution in [1.29, 1.82) is 0 Å². The quantitative estimate of drug-likeness (QED) is 0.0960. The molecule has 10 aromatic rings. The summed E-state index contributed by atoms with van der Waals surface area (Å²) in [6.45, 7) is 43.0. The van der Waals surface area contributed by atoms with Crippen molar-refractivity contribution in [2.75, 3.05) is 0 Å². The maximum Gasteiger partial charge on any atom is 0.494 e. The van der Waals surface area contributed by atoms with E-state index in [1.54, 1.807) is 0 Å². The molecule has 0 atom stereocenters. The van der Waals surface area contributed by atoms with Crippen molar-refractivity contribution in [3.63, 3.8) is 0 Å². The van der Waals surface area contributed by atoms with Crippen molar-refractivity contribution in [3.05, 3.63) is 252 Å². The summed E-state index contributed by atoms with van der Waals surface area (Å²) < 4.78 is 37.5. The van der Waals surface area contributed by atoms with E-state index in [0.29, 0.717) is 0 Å². The third kappa shape index (κ3) is 14.5. The SMILES string of the molecule is CC1(C)OB(B2OC(C)(C)C(C)(C)O2)OC1(C)C.CC1(C)c2ccccc2-c2ccc(-c3cc(-c4ccc5c(c4)C(C)(C)c4ccccc4-5)nc(Cl)n3)cc21.CC1(C)c2ccccc2-c2ccc(B3OC(C)(C)C(C)(C)O3)cc21.CC1(C)c2ccccc2-c2ccc(Br)cc21.Clc1cc(Cl)nc(Cl)n1.[BH4-].[B]. The fourth-order valence-electron chi connectivity index (χ4n) is 15.3. The predicted molar refractivity (Wildman–Crippen MR) is 451 cm³/mol. The third-order valence-corrected chi connectivity index (χ3v) is 24.8. The minimum atomic E-state index is -0.476. The predicted octanol–water partition coefficient (Wildman–Crippen LogP) is 21.0. The van der Waals surface area contributed by atoms with E-state index in [4.69, 9.17) is 74.3 Å². The fraction of sp³-hybridized carbons (Fsp3) is 0.349. The summed E-state index contributed by atoms with van der Waals surface area (Å²) in [4.78, 5) is 16.4. The van der Waals surface area contributed by atoms with Gasteiger partial charge in [0.25, 0.3) is 0 Å². The summed E-state index contributed by atoms with van der Waals surface area (Å²) in [5, 5.41) is 0.825. The average molecular weight is 1560 g/mol. The molecule has 3 fully saturated rings. The number of fused-ring (bicyclic) bond motifs is 12. The van der Waals surface area contributed by atoms with E-state index < -0.39 is 14.0 Å². The molecule has 0 unspecified atom stereocenters. The Labute approximate surface area is 661 Å². The Morgan fingerprint density at radius 1 is 0.292 bits per heavy atom. The van der Waals surface area contributed by atoms with Crippen LogP contribution >= 0.6 is 62.3 Å². The zero-order valence-corrected chi connectivity index (χ0v) is 68.4. The Balaban J connectivity index is 0.000000141. The van der Waals surface area contributed by atoms with E-state index >= 15 is 0 Å². The molecule has 0 spiro atoms. The minimum Gasteiger partial charge on any atom is -0.405 e. The Bertz CT molecular complexity index is 4790. The molecule has 4 aliphatic carbocycles. The van der Waals surface area contributed by atoms with Crippen molar-refractivity contribution in [2.45, 2.75) is 194 Å². The molecule has 545 valence electrons. The molecular formula is C86H94B5BrCl4N4O6-. The first kappa shape index (κ1) is 80.7. The number of rotatable bonds is 4. The highest BCUT2D eigenvalue weighted by Crippen LogP contribution is 2.54. The lowest BCUT2D eigenvalue weighted by Crippen LogP contribution is -2.41. The zero-order chi connectivity index (χ0) is 75.0. The smallest absolute Gasteiger partial charge is 0.405 e. The van der Waals surface area contributed by atoms with Crippen LogP contribution in [0.3, 0.4) is 0 Å². The van der Waals surface area contributed by atoms with Crippen LogP contribution in [0.5, 0.6) is 0 Å². The molecule has 3 radical (unpaired) electrons. The summed E-state index contributed by atoms with van der Waals surface area (Å²) in [5.74, 6) is 0.